The summed E-state index contributed by atoms with van der Waals surface area (Å²) in [6, 6.07) is 7.52. The monoisotopic (exact) mass is 420 g/mol. The number of carbonyl (C=O) groups is 1. The van der Waals surface area contributed by atoms with Crippen molar-refractivity contribution in [2.24, 2.45) is 11.8 Å². The molecule has 6 atom stereocenters. The van der Waals surface area contributed by atoms with Crippen LogP contribution in [0.4, 0.5) is 0 Å². The van der Waals surface area contributed by atoms with Crippen LogP contribution in [0.25, 0.3) is 0 Å². The van der Waals surface area contributed by atoms with E-state index < -0.39 is 30.6 Å². The van der Waals surface area contributed by atoms with Gasteiger partial charge in [-0.25, -0.2) is 0 Å². The first-order chi connectivity index (χ1) is 14.5. The summed E-state index contributed by atoms with van der Waals surface area (Å²) in [5.41, 5.74) is 0.933. The number of aliphatic carboxylic acids is 1. The Morgan fingerprint density at radius 2 is 1.90 bits per heavy atom. The van der Waals surface area contributed by atoms with E-state index in [1.165, 1.54) is 0 Å². The van der Waals surface area contributed by atoms with Crippen molar-refractivity contribution in [2.45, 2.75) is 76.2 Å². The molecule has 1 saturated carbocycles. The molecule has 0 saturated heterocycles. The zero-order valence-electron chi connectivity index (χ0n) is 17.1. The van der Waals surface area contributed by atoms with Crippen molar-refractivity contribution in [1.82, 2.24) is 0 Å². The van der Waals surface area contributed by atoms with Gasteiger partial charge in [0, 0.05) is 24.3 Å². The Morgan fingerprint density at radius 3 is 2.70 bits per heavy atom. The first-order valence-electron chi connectivity index (χ1n) is 10.8. The molecule has 1 aromatic carbocycles. The SMILES string of the molecule is O=C(O)CCCCCC[C@@H]1[C@@H](/C=C/[C@H](O)[C@H]2OCc3ccccc3O2)[C@H](O)C[C@@H]1O. The first-order valence-corrected chi connectivity index (χ1v) is 10.8. The Kier molecular flexibility index (Phi) is 8.27. The minimum absolute atomic E-state index is 0.0863. The zero-order chi connectivity index (χ0) is 21.5. The average Bonchev–Trinajstić information content (AvgIpc) is 3.00. The number of aliphatic hydroxyl groups is 3. The molecule has 1 heterocycles. The highest BCUT2D eigenvalue weighted by Crippen LogP contribution is 2.37. The third-order valence-corrected chi connectivity index (χ3v) is 6.02. The van der Waals surface area contributed by atoms with Crippen molar-refractivity contribution in [3.63, 3.8) is 0 Å². The summed E-state index contributed by atoms with van der Waals surface area (Å²) in [5.74, 6) is -0.415. The number of fused-ring (bicyclic) bond motifs is 1. The van der Waals surface area contributed by atoms with Gasteiger partial charge in [-0.2, -0.15) is 0 Å². The lowest BCUT2D eigenvalue weighted by Gasteiger charge is -2.28. The number of carboxylic acid groups (broad SMARTS) is 1. The second-order valence-corrected chi connectivity index (χ2v) is 8.24. The number of aliphatic hydroxyl groups excluding tert-OH is 3. The lowest BCUT2D eigenvalue weighted by molar-refractivity contribution is -0.152. The van der Waals surface area contributed by atoms with E-state index in [4.69, 9.17) is 14.6 Å². The van der Waals surface area contributed by atoms with Crippen LogP contribution >= 0.6 is 0 Å². The summed E-state index contributed by atoms with van der Waals surface area (Å²) < 4.78 is 11.3. The van der Waals surface area contributed by atoms with Crippen molar-refractivity contribution in [2.75, 3.05) is 0 Å². The van der Waals surface area contributed by atoms with Gasteiger partial charge >= 0.3 is 5.97 Å². The van der Waals surface area contributed by atoms with Crippen molar-refractivity contribution < 1.29 is 34.7 Å². The van der Waals surface area contributed by atoms with Gasteiger partial charge < -0.3 is 29.9 Å². The molecule has 7 heteroatoms. The molecule has 1 fully saturated rings. The summed E-state index contributed by atoms with van der Waals surface area (Å²) in [6.07, 6.45) is 4.84. The predicted octanol–water partition coefficient (Wildman–Crippen LogP) is 2.62. The second kappa shape index (κ2) is 10.9. The van der Waals surface area contributed by atoms with Crippen molar-refractivity contribution in [3.05, 3.63) is 42.0 Å². The number of ether oxygens (including phenoxy) is 2. The van der Waals surface area contributed by atoms with E-state index in [0.29, 0.717) is 25.2 Å². The predicted molar refractivity (Wildman–Crippen MR) is 110 cm³/mol. The van der Waals surface area contributed by atoms with E-state index >= 15 is 0 Å². The molecular formula is C23H32O7. The molecule has 30 heavy (non-hydrogen) atoms. The van der Waals surface area contributed by atoms with Crippen LogP contribution in [0, 0.1) is 11.8 Å². The molecule has 2 aliphatic rings. The minimum Gasteiger partial charge on any atom is -0.481 e. The van der Waals surface area contributed by atoms with E-state index in [1.807, 2.05) is 24.3 Å². The van der Waals surface area contributed by atoms with Crippen LogP contribution in [-0.4, -0.2) is 51.0 Å². The smallest absolute Gasteiger partial charge is 0.303 e. The van der Waals surface area contributed by atoms with Gasteiger partial charge in [-0.3, -0.25) is 4.79 Å². The number of benzene rings is 1. The van der Waals surface area contributed by atoms with E-state index in [9.17, 15) is 20.1 Å². The molecule has 0 bridgehead atoms. The maximum Gasteiger partial charge on any atom is 0.303 e. The van der Waals surface area contributed by atoms with Crippen molar-refractivity contribution in [1.29, 1.82) is 0 Å². The van der Waals surface area contributed by atoms with Gasteiger partial charge in [-0.05, 0) is 24.8 Å². The van der Waals surface area contributed by atoms with Crippen LogP contribution in [-0.2, 0) is 16.1 Å². The molecule has 4 N–H and O–H groups in total. The Hall–Kier alpha value is -1.93. The van der Waals surface area contributed by atoms with Crippen LogP contribution in [0.5, 0.6) is 5.75 Å². The van der Waals surface area contributed by atoms with Crippen molar-refractivity contribution in [3.8, 4) is 5.75 Å². The van der Waals surface area contributed by atoms with Gasteiger partial charge in [-0.15, -0.1) is 0 Å². The van der Waals surface area contributed by atoms with Crippen LogP contribution in [0.3, 0.4) is 0 Å². The van der Waals surface area contributed by atoms with E-state index in [-0.39, 0.29) is 18.3 Å². The Balaban J connectivity index is 1.50. The standard InChI is InChI=1S/C23H32O7/c24-18(23-29-14-15-7-5-6-9-21(15)30-23)12-11-17-16(19(25)13-20(17)26)8-3-1-2-4-10-22(27)28/h5-7,9,11-12,16-20,23-26H,1-4,8,10,13-14H2,(H,27,28)/b12-11+/t16-,17-,18+,19+,20-,23+/m1/s1. The normalized spacial score (nSPS) is 29.5. The zero-order valence-corrected chi connectivity index (χ0v) is 17.1. The van der Waals surface area contributed by atoms with Crippen LogP contribution in [0.15, 0.2) is 36.4 Å². The fraction of sp³-hybridized carbons (Fsp3) is 0.609. The van der Waals surface area contributed by atoms with Crippen LogP contribution in [0.1, 0.15) is 50.5 Å². The Morgan fingerprint density at radius 1 is 1.13 bits per heavy atom. The molecule has 0 aromatic heterocycles. The molecule has 0 radical (unpaired) electrons. The lowest BCUT2D eigenvalue weighted by atomic mass is 9.88. The third-order valence-electron chi connectivity index (χ3n) is 6.02. The number of unbranched alkanes of at least 4 members (excludes halogenated alkanes) is 3. The summed E-state index contributed by atoms with van der Waals surface area (Å²) >= 11 is 0. The molecule has 1 aromatic rings. The summed E-state index contributed by atoms with van der Waals surface area (Å²) in [6.45, 7) is 0.362. The summed E-state index contributed by atoms with van der Waals surface area (Å²) in [5, 5.41) is 39.9. The molecule has 7 nitrogen and oxygen atoms in total. The molecule has 0 spiro atoms. The van der Waals surface area contributed by atoms with Gasteiger partial charge in [0.15, 0.2) is 0 Å². The van der Waals surface area contributed by atoms with Crippen molar-refractivity contribution >= 4 is 5.97 Å². The minimum atomic E-state index is -0.986. The maximum atomic E-state index is 10.6. The Bertz CT molecular complexity index is 719. The maximum absolute atomic E-state index is 10.6. The van der Waals surface area contributed by atoms with Gasteiger partial charge in [0.1, 0.15) is 11.9 Å². The topological polar surface area (TPSA) is 116 Å². The fourth-order valence-corrected chi connectivity index (χ4v) is 4.36. The summed E-state index contributed by atoms with van der Waals surface area (Å²) in [7, 11) is 0. The first kappa shape index (κ1) is 22.7. The third kappa shape index (κ3) is 6.04. The summed E-state index contributed by atoms with van der Waals surface area (Å²) in [4.78, 5) is 10.6. The van der Waals surface area contributed by atoms with Gasteiger partial charge in [0.2, 0.25) is 6.29 Å². The number of para-hydroxylation sites is 1. The lowest BCUT2D eigenvalue weighted by Crippen LogP contribution is -2.36. The molecule has 3 rings (SSSR count). The van der Waals surface area contributed by atoms with E-state index in [2.05, 4.69) is 0 Å². The van der Waals surface area contributed by atoms with Gasteiger partial charge in [-0.1, -0.05) is 49.6 Å². The van der Waals surface area contributed by atoms with E-state index in [1.54, 1.807) is 12.2 Å². The average molecular weight is 421 g/mol. The molecule has 0 amide bonds. The Labute approximate surface area is 176 Å². The van der Waals surface area contributed by atoms with Crippen LogP contribution in [0.2, 0.25) is 0 Å². The fourth-order valence-electron chi connectivity index (χ4n) is 4.36. The molecule has 166 valence electrons. The van der Waals surface area contributed by atoms with Crippen LogP contribution < -0.4 is 4.74 Å². The molecular weight excluding hydrogens is 388 g/mol. The highest BCUT2D eigenvalue weighted by atomic mass is 16.7. The number of carboxylic acids is 1. The molecule has 0 unspecified atom stereocenters. The van der Waals surface area contributed by atoms with Gasteiger partial charge in [0.25, 0.3) is 0 Å². The second-order valence-electron chi connectivity index (χ2n) is 8.24. The van der Waals surface area contributed by atoms with E-state index in [0.717, 1.165) is 31.2 Å². The number of hydrogen-bond donors (Lipinski definition) is 4. The van der Waals surface area contributed by atoms with Gasteiger partial charge in [0.05, 0.1) is 18.8 Å². The quantitative estimate of drug-likeness (QED) is 0.340. The highest BCUT2D eigenvalue weighted by Gasteiger charge is 2.40. The molecule has 1 aliphatic carbocycles. The number of rotatable bonds is 10. The number of hydrogen-bond acceptors (Lipinski definition) is 6. The molecule has 1 aliphatic heterocycles. The largest absolute Gasteiger partial charge is 0.481 e. The highest BCUT2D eigenvalue weighted by molar-refractivity contribution is 5.66.